The molecule has 1 aliphatic heterocycles. The molecule has 5 rings (SSSR count). The maximum absolute atomic E-state index is 13.9. The maximum atomic E-state index is 13.9. The van der Waals surface area contributed by atoms with Gasteiger partial charge in [0.05, 0.1) is 20.6 Å². The molecule has 31 heavy (non-hydrogen) atoms. The van der Waals surface area contributed by atoms with Crippen LogP contribution in [0.1, 0.15) is 30.3 Å². The quantitative estimate of drug-likeness (QED) is 0.614. The molecule has 2 aliphatic rings. The zero-order valence-corrected chi connectivity index (χ0v) is 18.6. The van der Waals surface area contributed by atoms with Crippen molar-refractivity contribution in [2.24, 2.45) is 5.92 Å². The van der Waals surface area contributed by atoms with E-state index in [9.17, 15) is 9.59 Å². The smallest absolute Gasteiger partial charge is 0.233 e. The molecule has 0 radical (unpaired) electrons. The molecule has 2 aromatic carbocycles. The molecule has 0 spiro atoms. The van der Waals surface area contributed by atoms with Crippen molar-refractivity contribution in [1.82, 2.24) is 14.8 Å². The zero-order valence-electron chi connectivity index (χ0n) is 17.8. The first-order valence-electron chi connectivity index (χ1n) is 11.0. The number of hydrogen-bond donors (Lipinski definition) is 0. The fraction of sp³-hybridized carbons (Fsp3) is 0.400. The van der Waals surface area contributed by atoms with Crippen LogP contribution in [-0.4, -0.2) is 52.8 Å². The molecule has 2 fully saturated rings. The monoisotopic (exact) mass is 433 g/mol. The van der Waals surface area contributed by atoms with Crippen molar-refractivity contribution >= 4 is 33.4 Å². The molecule has 5 nitrogen and oxygen atoms in total. The summed E-state index contributed by atoms with van der Waals surface area (Å²) in [6, 6.07) is 18.2. The highest BCUT2D eigenvalue weighted by Crippen LogP contribution is 2.35. The van der Waals surface area contributed by atoms with Crippen LogP contribution < -0.4 is 0 Å². The minimum Gasteiger partial charge on any atom is -0.339 e. The highest BCUT2D eigenvalue weighted by Gasteiger charge is 2.41. The molecule has 2 amide bonds. The molecule has 1 aliphatic carbocycles. The first-order valence-corrected chi connectivity index (χ1v) is 11.8. The molecular weight excluding hydrogens is 406 g/mol. The van der Waals surface area contributed by atoms with Crippen molar-refractivity contribution in [2.75, 3.05) is 26.2 Å². The second kappa shape index (κ2) is 8.08. The number of benzene rings is 2. The summed E-state index contributed by atoms with van der Waals surface area (Å²) in [5.74, 6) is 0.625. The summed E-state index contributed by atoms with van der Waals surface area (Å²) in [5, 5.41) is 0.975. The molecule has 0 N–H and O–H groups in total. The normalized spacial score (nSPS) is 18.7. The molecule has 1 aromatic heterocycles. The van der Waals surface area contributed by atoms with Gasteiger partial charge in [0.2, 0.25) is 11.8 Å². The van der Waals surface area contributed by atoms with Crippen molar-refractivity contribution in [3.8, 4) is 0 Å². The lowest BCUT2D eigenvalue weighted by Crippen LogP contribution is -2.55. The molecule has 1 saturated heterocycles. The number of piperazine rings is 1. The zero-order chi connectivity index (χ0) is 21.4. The Morgan fingerprint density at radius 2 is 1.61 bits per heavy atom. The van der Waals surface area contributed by atoms with Crippen molar-refractivity contribution in [3.05, 3.63) is 65.2 Å². The standard InChI is InChI=1S/C25H27N3O2S/c1-25(19-7-3-2-4-8-19,17-22-26-20-9-5-6-10-21(20)31-22)24(30)28-15-13-27(14-16-28)23(29)18-11-12-18/h2-10,18H,11-17H2,1H3. The number of aromatic nitrogens is 1. The largest absolute Gasteiger partial charge is 0.339 e. The Labute approximate surface area is 186 Å². The van der Waals surface area contributed by atoms with Crippen LogP contribution >= 0.6 is 11.3 Å². The summed E-state index contributed by atoms with van der Waals surface area (Å²) < 4.78 is 1.15. The van der Waals surface area contributed by atoms with Gasteiger partial charge in [-0.15, -0.1) is 11.3 Å². The van der Waals surface area contributed by atoms with Crippen molar-refractivity contribution in [2.45, 2.75) is 31.6 Å². The van der Waals surface area contributed by atoms with E-state index in [2.05, 4.69) is 6.07 Å². The number of para-hydroxylation sites is 1. The molecule has 1 saturated carbocycles. The number of nitrogens with zero attached hydrogens (tertiary/aromatic N) is 3. The Hall–Kier alpha value is -2.73. The Morgan fingerprint density at radius 3 is 2.29 bits per heavy atom. The number of carbonyl (C=O) groups excluding carboxylic acids is 2. The van der Waals surface area contributed by atoms with Crippen LogP contribution in [0, 0.1) is 5.92 Å². The number of hydrogen-bond acceptors (Lipinski definition) is 4. The van der Waals surface area contributed by atoms with Crippen LogP contribution in [0.4, 0.5) is 0 Å². The summed E-state index contributed by atoms with van der Waals surface area (Å²) >= 11 is 1.66. The Kier molecular flexibility index (Phi) is 5.26. The van der Waals surface area contributed by atoms with Gasteiger partial charge in [0.25, 0.3) is 0 Å². The Bertz CT molecular complexity index is 1070. The van der Waals surface area contributed by atoms with Crippen molar-refractivity contribution in [1.29, 1.82) is 0 Å². The average Bonchev–Trinajstić information content (AvgIpc) is 3.58. The summed E-state index contributed by atoms with van der Waals surface area (Å²) in [6.45, 7) is 4.50. The lowest BCUT2D eigenvalue weighted by molar-refractivity contribution is -0.143. The highest BCUT2D eigenvalue weighted by molar-refractivity contribution is 7.18. The van der Waals surface area contributed by atoms with E-state index in [1.807, 2.05) is 65.3 Å². The lowest BCUT2D eigenvalue weighted by atomic mass is 9.78. The molecule has 6 heteroatoms. The molecule has 2 heterocycles. The summed E-state index contributed by atoms with van der Waals surface area (Å²) in [4.78, 5) is 34.9. The van der Waals surface area contributed by atoms with Crippen molar-refractivity contribution < 1.29 is 9.59 Å². The van der Waals surface area contributed by atoms with Gasteiger partial charge in [0.15, 0.2) is 0 Å². The van der Waals surface area contributed by atoms with E-state index < -0.39 is 5.41 Å². The predicted molar refractivity (Wildman–Crippen MR) is 123 cm³/mol. The summed E-state index contributed by atoms with van der Waals surface area (Å²) in [5.41, 5.74) is 1.30. The van der Waals surface area contributed by atoms with Gasteiger partial charge in [-0.1, -0.05) is 42.5 Å². The molecule has 1 unspecified atom stereocenters. The fourth-order valence-electron chi connectivity index (χ4n) is 4.47. The Morgan fingerprint density at radius 1 is 0.968 bits per heavy atom. The van der Waals surface area contributed by atoms with E-state index in [0.717, 1.165) is 33.6 Å². The van der Waals surface area contributed by atoms with Gasteiger partial charge in [0.1, 0.15) is 0 Å². The third-order valence-electron chi connectivity index (χ3n) is 6.53. The molecule has 0 bridgehead atoms. The summed E-state index contributed by atoms with van der Waals surface area (Å²) in [6.07, 6.45) is 2.61. The Balaban J connectivity index is 1.39. The maximum Gasteiger partial charge on any atom is 0.233 e. The molecule has 160 valence electrons. The second-order valence-corrected chi connectivity index (χ2v) is 9.96. The topological polar surface area (TPSA) is 53.5 Å². The van der Waals surface area contributed by atoms with Crippen LogP contribution in [0.25, 0.3) is 10.2 Å². The van der Waals surface area contributed by atoms with Crippen LogP contribution in [0.5, 0.6) is 0 Å². The predicted octanol–water partition coefficient (Wildman–Crippen LogP) is 3.88. The fourth-order valence-corrected chi connectivity index (χ4v) is 5.60. The van der Waals surface area contributed by atoms with E-state index in [1.54, 1.807) is 11.3 Å². The van der Waals surface area contributed by atoms with E-state index in [4.69, 9.17) is 4.98 Å². The van der Waals surface area contributed by atoms with E-state index >= 15 is 0 Å². The third kappa shape index (κ3) is 3.97. The minimum absolute atomic E-state index is 0.122. The molecule has 3 aromatic rings. The van der Waals surface area contributed by atoms with Gasteiger partial charge >= 0.3 is 0 Å². The summed E-state index contributed by atoms with van der Waals surface area (Å²) in [7, 11) is 0. The van der Waals surface area contributed by atoms with Crippen LogP contribution in [0.3, 0.4) is 0 Å². The van der Waals surface area contributed by atoms with Gasteiger partial charge in [-0.2, -0.15) is 0 Å². The number of carbonyl (C=O) groups is 2. The number of thiazole rings is 1. The van der Waals surface area contributed by atoms with Crippen LogP contribution in [0.2, 0.25) is 0 Å². The van der Waals surface area contributed by atoms with Crippen molar-refractivity contribution in [3.63, 3.8) is 0 Å². The van der Waals surface area contributed by atoms with E-state index in [-0.39, 0.29) is 17.7 Å². The molecular formula is C25H27N3O2S. The van der Waals surface area contributed by atoms with Gasteiger partial charge in [-0.05, 0) is 37.5 Å². The van der Waals surface area contributed by atoms with E-state index in [0.29, 0.717) is 32.6 Å². The SMILES string of the molecule is CC(Cc1nc2ccccc2s1)(C(=O)N1CCN(C(=O)C2CC2)CC1)c1ccccc1. The van der Waals surface area contributed by atoms with Gasteiger partial charge < -0.3 is 9.80 Å². The molecule has 1 atom stereocenters. The van der Waals surface area contributed by atoms with Gasteiger partial charge in [-0.3, -0.25) is 9.59 Å². The average molecular weight is 434 g/mol. The number of amides is 2. The third-order valence-corrected chi connectivity index (χ3v) is 7.57. The highest BCUT2D eigenvalue weighted by atomic mass is 32.1. The first-order chi connectivity index (χ1) is 15.0. The van der Waals surface area contributed by atoms with Crippen LogP contribution in [-0.2, 0) is 21.4 Å². The van der Waals surface area contributed by atoms with E-state index in [1.165, 1.54) is 0 Å². The minimum atomic E-state index is -0.697. The first kappa shape index (κ1) is 20.2. The number of rotatable bonds is 5. The second-order valence-electron chi connectivity index (χ2n) is 8.84. The van der Waals surface area contributed by atoms with Gasteiger partial charge in [-0.25, -0.2) is 4.98 Å². The number of fused-ring (bicyclic) bond motifs is 1. The van der Waals surface area contributed by atoms with Gasteiger partial charge in [0, 0.05) is 38.5 Å². The van der Waals surface area contributed by atoms with Crippen LogP contribution in [0.15, 0.2) is 54.6 Å². The lowest BCUT2D eigenvalue weighted by Gasteiger charge is -2.40.